The van der Waals surface area contributed by atoms with Gasteiger partial charge in [-0.25, -0.2) is 14.8 Å². The molecular weight excluding hydrogens is 468 g/mol. The van der Waals surface area contributed by atoms with Crippen LogP contribution in [0.1, 0.15) is 68.0 Å². The molecule has 0 bridgehead atoms. The Morgan fingerprint density at radius 1 is 0.865 bits per heavy atom. The van der Waals surface area contributed by atoms with Crippen molar-refractivity contribution in [3.05, 3.63) is 89.2 Å². The van der Waals surface area contributed by atoms with Gasteiger partial charge in [-0.1, -0.05) is 93.3 Å². The summed E-state index contributed by atoms with van der Waals surface area (Å²) >= 11 is 0. The number of nitrogens with zero attached hydrogens (tertiary/aromatic N) is 2. The van der Waals surface area contributed by atoms with Gasteiger partial charge in [0.05, 0.1) is 0 Å². The first-order chi connectivity index (χ1) is 17.9. The third kappa shape index (κ3) is 7.38. The largest absolute Gasteiger partial charge is 0.478 e. The molecule has 3 aromatic rings. The van der Waals surface area contributed by atoms with Crippen LogP contribution in [0, 0.1) is 13.8 Å². The maximum Gasteiger partial charge on any atom is 0.346 e. The van der Waals surface area contributed by atoms with Gasteiger partial charge in [-0.2, -0.15) is 0 Å². The SMILES string of the molecule is CCCCCCCC(=O)OCC(c1ccccc1)(c1ccccc1)C(Oc1nc(C)cc(C)n1)C(=O)O. The molecule has 0 amide bonds. The second-order valence-corrected chi connectivity index (χ2v) is 9.30. The molecule has 0 saturated carbocycles. The number of rotatable bonds is 14. The number of carbonyl (C=O) groups excluding carboxylic acids is 1. The van der Waals surface area contributed by atoms with Crippen molar-refractivity contribution in [2.24, 2.45) is 0 Å². The molecule has 0 spiro atoms. The number of hydrogen-bond donors (Lipinski definition) is 1. The Bertz CT molecular complexity index is 1090. The molecule has 37 heavy (non-hydrogen) atoms. The smallest absolute Gasteiger partial charge is 0.346 e. The summed E-state index contributed by atoms with van der Waals surface area (Å²) in [6.45, 7) is 5.52. The van der Waals surface area contributed by atoms with Crippen LogP contribution in [0.4, 0.5) is 0 Å². The van der Waals surface area contributed by atoms with E-state index in [0.717, 1.165) is 32.1 Å². The predicted molar refractivity (Wildman–Crippen MR) is 142 cm³/mol. The molecule has 0 aliphatic rings. The molecule has 0 aliphatic heterocycles. The van der Waals surface area contributed by atoms with E-state index in [1.54, 1.807) is 19.9 Å². The summed E-state index contributed by atoms with van der Waals surface area (Å²) in [4.78, 5) is 34.3. The van der Waals surface area contributed by atoms with Crippen molar-refractivity contribution >= 4 is 11.9 Å². The van der Waals surface area contributed by atoms with Crippen LogP contribution in [0.3, 0.4) is 0 Å². The molecule has 1 atom stereocenters. The predicted octanol–water partition coefficient (Wildman–Crippen LogP) is 5.82. The average Bonchev–Trinajstić information content (AvgIpc) is 2.89. The van der Waals surface area contributed by atoms with Crippen molar-refractivity contribution in [3.8, 4) is 6.01 Å². The lowest BCUT2D eigenvalue weighted by molar-refractivity contribution is -0.155. The number of benzene rings is 2. The summed E-state index contributed by atoms with van der Waals surface area (Å²) in [7, 11) is 0. The Kier molecular flexibility index (Phi) is 10.2. The number of unbranched alkanes of at least 4 members (excludes halogenated alkanes) is 4. The molecule has 0 radical (unpaired) electrons. The van der Waals surface area contributed by atoms with E-state index in [1.165, 1.54) is 0 Å². The normalized spacial score (nSPS) is 12.1. The lowest BCUT2D eigenvalue weighted by Crippen LogP contribution is -2.52. The lowest BCUT2D eigenvalue weighted by atomic mass is 9.70. The minimum Gasteiger partial charge on any atom is -0.478 e. The summed E-state index contributed by atoms with van der Waals surface area (Å²) in [5, 5.41) is 10.5. The van der Waals surface area contributed by atoms with Gasteiger partial charge in [-0.05, 0) is 37.5 Å². The van der Waals surface area contributed by atoms with Crippen molar-refractivity contribution in [1.29, 1.82) is 0 Å². The van der Waals surface area contributed by atoms with Crippen LogP contribution < -0.4 is 4.74 Å². The van der Waals surface area contributed by atoms with Crippen molar-refractivity contribution in [1.82, 2.24) is 9.97 Å². The Labute approximate surface area is 218 Å². The molecule has 0 aliphatic carbocycles. The highest BCUT2D eigenvalue weighted by Gasteiger charge is 2.50. The van der Waals surface area contributed by atoms with Crippen LogP contribution in [-0.4, -0.2) is 39.7 Å². The zero-order valence-electron chi connectivity index (χ0n) is 21.9. The first-order valence-corrected chi connectivity index (χ1v) is 12.8. The fourth-order valence-electron chi connectivity index (χ4n) is 4.54. The average molecular weight is 505 g/mol. The molecule has 1 aromatic heterocycles. The minimum atomic E-state index is -1.48. The fourth-order valence-corrected chi connectivity index (χ4v) is 4.54. The topological polar surface area (TPSA) is 98.6 Å². The summed E-state index contributed by atoms with van der Waals surface area (Å²) in [6.07, 6.45) is 3.83. The molecular formula is C30H36N2O5. The number of aliphatic carboxylic acids is 1. The van der Waals surface area contributed by atoms with E-state index in [4.69, 9.17) is 9.47 Å². The number of carboxylic acids is 1. The van der Waals surface area contributed by atoms with Gasteiger partial charge in [-0.3, -0.25) is 4.79 Å². The number of aryl methyl sites for hydroxylation is 2. The molecule has 1 N–H and O–H groups in total. The third-order valence-corrected chi connectivity index (χ3v) is 6.38. The number of carbonyl (C=O) groups is 2. The standard InChI is InChI=1S/C30H36N2O5/c1-4-5-6-7-14-19-26(33)36-21-30(24-15-10-8-11-16-24,25-17-12-9-13-18-25)27(28(34)35)37-29-31-22(2)20-23(3)32-29/h8-13,15-18,20,27H,4-7,14,19,21H2,1-3H3,(H,34,35). The van der Waals surface area contributed by atoms with E-state index >= 15 is 0 Å². The van der Waals surface area contributed by atoms with Crippen molar-refractivity contribution in [2.45, 2.75) is 70.8 Å². The van der Waals surface area contributed by atoms with Crippen molar-refractivity contribution in [2.75, 3.05) is 6.61 Å². The van der Waals surface area contributed by atoms with Crippen molar-refractivity contribution < 1.29 is 24.2 Å². The van der Waals surface area contributed by atoms with Gasteiger partial charge < -0.3 is 14.6 Å². The quantitative estimate of drug-likeness (QED) is 0.218. The Morgan fingerprint density at radius 3 is 1.92 bits per heavy atom. The number of ether oxygens (including phenoxy) is 2. The van der Waals surface area contributed by atoms with Crippen LogP contribution in [0.15, 0.2) is 66.7 Å². The Balaban J connectivity index is 2.03. The van der Waals surface area contributed by atoms with E-state index in [0.29, 0.717) is 22.5 Å². The van der Waals surface area contributed by atoms with Gasteiger partial charge in [0.25, 0.3) is 0 Å². The molecule has 3 rings (SSSR count). The second-order valence-electron chi connectivity index (χ2n) is 9.30. The first-order valence-electron chi connectivity index (χ1n) is 12.8. The molecule has 0 saturated heterocycles. The highest BCUT2D eigenvalue weighted by atomic mass is 16.5. The monoisotopic (exact) mass is 504 g/mol. The van der Waals surface area contributed by atoms with Crippen LogP contribution in [0.2, 0.25) is 0 Å². The molecule has 7 heteroatoms. The zero-order valence-corrected chi connectivity index (χ0v) is 21.9. The Morgan fingerprint density at radius 2 is 1.41 bits per heavy atom. The highest BCUT2D eigenvalue weighted by Crippen LogP contribution is 2.38. The maximum atomic E-state index is 12.9. The minimum absolute atomic E-state index is 0.0385. The van der Waals surface area contributed by atoms with E-state index in [2.05, 4.69) is 16.9 Å². The number of hydrogen-bond acceptors (Lipinski definition) is 6. The highest BCUT2D eigenvalue weighted by molar-refractivity contribution is 5.77. The van der Waals surface area contributed by atoms with Gasteiger partial charge in [0.15, 0.2) is 0 Å². The van der Waals surface area contributed by atoms with Crippen LogP contribution >= 0.6 is 0 Å². The number of aromatic nitrogens is 2. The summed E-state index contributed by atoms with van der Waals surface area (Å²) in [5.41, 5.74) is 1.26. The van der Waals surface area contributed by atoms with E-state index in [-0.39, 0.29) is 25.0 Å². The molecule has 1 heterocycles. The van der Waals surface area contributed by atoms with E-state index in [9.17, 15) is 14.7 Å². The molecule has 196 valence electrons. The lowest BCUT2D eigenvalue weighted by Gasteiger charge is -2.38. The van der Waals surface area contributed by atoms with Gasteiger partial charge in [0.1, 0.15) is 12.0 Å². The zero-order chi connectivity index (χ0) is 26.7. The molecule has 1 unspecified atom stereocenters. The van der Waals surface area contributed by atoms with Gasteiger partial charge in [0, 0.05) is 17.8 Å². The maximum absolute atomic E-state index is 12.9. The van der Waals surface area contributed by atoms with Crippen LogP contribution in [-0.2, 0) is 19.7 Å². The number of carboxylic acid groups (broad SMARTS) is 1. The van der Waals surface area contributed by atoms with Gasteiger partial charge >= 0.3 is 17.9 Å². The number of esters is 1. The summed E-state index contributed by atoms with van der Waals surface area (Å²) in [6, 6.07) is 20.1. The van der Waals surface area contributed by atoms with Crippen LogP contribution in [0.5, 0.6) is 6.01 Å². The molecule has 2 aromatic carbocycles. The van der Waals surface area contributed by atoms with Gasteiger partial charge in [0.2, 0.25) is 6.10 Å². The molecule has 7 nitrogen and oxygen atoms in total. The summed E-state index contributed by atoms with van der Waals surface area (Å²) < 4.78 is 11.9. The van der Waals surface area contributed by atoms with E-state index < -0.39 is 17.5 Å². The Hall–Kier alpha value is -3.74. The summed E-state index contributed by atoms with van der Waals surface area (Å²) in [5.74, 6) is -1.58. The third-order valence-electron chi connectivity index (χ3n) is 6.38. The fraction of sp³-hybridized carbons (Fsp3) is 0.400. The molecule has 0 fully saturated rings. The first kappa shape index (κ1) is 27.8. The second kappa shape index (κ2) is 13.5. The van der Waals surface area contributed by atoms with Gasteiger partial charge in [-0.15, -0.1) is 0 Å². The van der Waals surface area contributed by atoms with Crippen LogP contribution in [0.25, 0.3) is 0 Å². The van der Waals surface area contributed by atoms with E-state index in [1.807, 2.05) is 60.7 Å². The van der Waals surface area contributed by atoms with Crippen molar-refractivity contribution in [3.63, 3.8) is 0 Å².